The van der Waals surface area contributed by atoms with Crippen molar-refractivity contribution in [2.24, 2.45) is 0 Å². The molecule has 0 atom stereocenters. The molecule has 0 saturated heterocycles. The minimum atomic E-state index is 0.902. The van der Waals surface area contributed by atoms with Gasteiger partial charge in [-0.15, -0.1) is 0 Å². The summed E-state index contributed by atoms with van der Waals surface area (Å²) < 4.78 is 6.47. The zero-order chi connectivity index (χ0) is 38.4. The first-order valence-electron chi connectivity index (χ1n) is 19.8. The Morgan fingerprint density at radius 2 is 0.845 bits per heavy atom. The smallest absolute Gasteiger partial charge is 0.143 e. The fourth-order valence-corrected chi connectivity index (χ4v) is 8.68. The van der Waals surface area contributed by atoms with E-state index in [9.17, 15) is 0 Å². The lowest BCUT2D eigenvalue weighted by atomic mass is 9.94. The zero-order valence-corrected chi connectivity index (χ0v) is 31.7. The van der Waals surface area contributed by atoms with E-state index in [1.165, 1.54) is 38.2 Å². The summed E-state index contributed by atoms with van der Waals surface area (Å²) >= 11 is 0. The maximum Gasteiger partial charge on any atom is 0.143 e. The second-order valence-electron chi connectivity index (χ2n) is 14.9. The highest BCUT2D eigenvalue weighted by Crippen LogP contribution is 2.47. The van der Waals surface area contributed by atoms with Crippen LogP contribution in [0.2, 0.25) is 0 Å². The summed E-state index contributed by atoms with van der Waals surface area (Å²) in [4.78, 5) is 2.43. The summed E-state index contributed by atoms with van der Waals surface area (Å²) in [5.41, 5.74) is 14.3. The normalized spacial score (nSPS) is 11.4. The molecule has 272 valence electrons. The van der Waals surface area contributed by atoms with Crippen LogP contribution in [0.5, 0.6) is 0 Å². The summed E-state index contributed by atoms with van der Waals surface area (Å²) in [6.07, 6.45) is 0. The van der Waals surface area contributed by atoms with E-state index in [-0.39, 0.29) is 0 Å². The van der Waals surface area contributed by atoms with Crippen LogP contribution in [-0.2, 0) is 0 Å². The van der Waals surface area contributed by atoms with E-state index in [4.69, 9.17) is 4.42 Å². The molecule has 0 aliphatic rings. The van der Waals surface area contributed by atoms with Gasteiger partial charge in [0.1, 0.15) is 11.2 Å². The van der Waals surface area contributed by atoms with Crippen LogP contribution in [0, 0.1) is 0 Å². The maximum atomic E-state index is 6.47. The van der Waals surface area contributed by atoms with Crippen molar-refractivity contribution in [1.82, 2.24) is 0 Å². The Labute approximate surface area is 337 Å². The zero-order valence-electron chi connectivity index (χ0n) is 31.7. The van der Waals surface area contributed by atoms with Gasteiger partial charge in [-0.25, -0.2) is 0 Å². The molecule has 2 nitrogen and oxygen atoms in total. The number of para-hydroxylation sites is 4. The van der Waals surface area contributed by atoms with E-state index in [2.05, 4.69) is 217 Å². The topological polar surface area (TPSA) is 16.4 Å². The molecule has 2 heteroatoms. The SMILES string of the molecule is c1cc(-c2ccc3ccccc3c2)cc(-c2ccccc2N(c2ccc(-c3cccc4c3oc3ccccc34)cc2)c2ccccc2-c2cccc3ccccc23)c1. The van der Waals surface area contributed by atoms with Gasteiger partial charge in [0.15, 0.2) is 0 Å². The average Bonchev–Trinajstić information content (AvgIpc) is 3.69. The van der Waals surface area contributed by atoms with Crippen LogP contribution < -0.4 is 4.90 Å². The van der Waals surface area contributed by atoms with Gasteiger partial charge in [-0.1, -0.05) is 182 Å². The van der Waals surface area contributed by atoms with Crippen molar-refractivity contribution in [3.8, 4) is 44.5 Å². The molecule has 11 aromatic rings. The van der Waals surface area contributed by atoms with Gasteiger partial charge in [0, 0.05) is 33.2 Å². The maximum absolute atomic E-state index is 6.47. The summed E-state index contributed by atoms with van der Waals surface area (Å²) in [5.74, 6) is 0. The lowest BCUT2D eigenvalue weighted by molar-refractivity contribution is 0.670. The van der Waals surface area contributed by atoms with Crippen molar-refractivity contribution in [3.05, 3.63) is 224 Å². The second kappa shape index (κ2) is 14.1. The molecule has 0 fully saturated rings. The molecule has 0 spiro atoms. The molecule has 0 aliphatic carbocycles. The van der Waals surface area contributed by atoms with Crippen molar-refractivity contribution >= 4 is 60.5 Å². The number of hydrogen-bond donors (Lipinski definition) is 0. The predicted molar refractivity (Wildman–Crippen MR) is 245 cm³/mol. The van der Waals surface area contributed by atoms with Crippen LogP contribution in [0.4, 0.5) is 17.1 Å². The molecule has 1 heterocycles. The van der Waals surface area contributed by atoms with E-state index in [0.717, 1.165) is 66.8 Å². The number of benzene rings is 10. The molecule has 0 saturated carbocycles. The van der Waals surface area contributed by atoms with E-state index in [1.54, 1.807) is 0 Å². The van der Waals surface area contributed by atoms with Crippen LogP contribution in [0.3, 0.4) is 0 Å². The van der Waals surface area contributed by atoms with Gasteiger partial charge in [0.25, 0.3) is 0 Å². The van der Waals surface area contributed by atoms with Gasteiger partial charge in [-0.2, -0.15) is 0 Å². The molecule has 58 heavy (non-hydrogen) atoms. The van der Waals surface area contributed by atoms with Gasteiger partial charge in [-0.3, -0.25) is 0 Å². The molecular formula is C56H37NO. The van der Waals surface area contributed by atoms with Crippen LogP contribution in [0.15, 0.2) is 229 Å². The van der Waals surface area contributed by atoms with Crippen molar-refractivity contribution in [2.75, 3.05) is 4.90 Å². The second-order valence-corrected chi connectivity index (χ2v) is 14.9. The Bertz CT molecular complexity index is 3290. The fourth-order valence-electron chi connectivity index (χ4n) is 8.68. The minimum absolute atomic E-state index is 0.902. The largest absolute Gasteiger partial charge is 0.455 e. The minimum Gasteiger partial charge on any atom is -0.455 e. The first-order chi connectivity index (χ1) is 28.8. The molecule has 0 radical (unpaired) electrons. The number of nitrogens with zero attached hydrogens (tertiary/aromatic N) is 1. The van der Waals surface area contributed by atoms with Gasteiger partial charge >= 0.3 is 0 Å². The first kappa shape index (κ1) is 33.6. The number of hydrogen-bond acceptors (Lipinski definition) is 2. The lowest BCUT2D eigenvalue weighted by Gasteiger charge is -2.30. The van der Waals surface area contributed by atoms with Gasteiger partial charge in [-0.05, 0) is 91.8 Å². The summed E-state index contributed by atoms with van der Waals surface area (Å²) in [7, 11) is 0. The highest BCUT2D eigenvalue weighted by Gasteiger charge is 2.22. The Hall–Kier alpha value is -7.68. The van der Waals surface area contributed by atoms with Crippen LogP contribution in [-0.4, -0.2) is 0 Å². The Balaban J connectivity index is 1.09. The van der Waals surface area contributed by atoms with Crippen LogP contribution in [0.25, 0.3) is 88.0 Å². The number of anilines is 3. The molecule has 0 N–H and O–H groups in total. The molecule has 10 aromatic carbocycles. The van der Waals surface area contributed by atoms with Crippen molar-refractivity contribution in [1.29, 1.82) is 0 Å². The predicted octanol–water partition coefficient (Wildman–Crippen LogP) is 16.0. The summed E-state index contributed by atoms with van der Waals surface area (Å²) in [5, 5.41) is 7.19. The van der Waals surface area contributed by atoms with Gasteiger partial charge < -0.3 is 9.32 Å². The molecular weight excluding hydrogens is 703 g/mol. The van der Waals surface area contributed by atoms with Crippen molar-refractivity contribution in [3.63, 3.8) is 0 Å². The Morgan fingerprint density at radius 1 is 0.293 bits per heavy atom. The standard InChI is InChI=1S/C56H37NO/c1-2-16-41-36-43(31-30-38(41)14-1)42-18-11-19-44(37-42)47-21-5-8-27-53(47)57(54-28-9-6-22-50(54)49-25-12-17-39-15-3-4-20-46(39)49)45-34-32-40(33-35-45)48-24-13-26-52-51-23-7-10-29-55(51)58-56(48)52/h1-37H. The molecule has 11 rings (SSSR count). The number of fused-ring (bicyclic) bond motifs is 5. The molecule has 0 bridgehead atoms. The molecule has 0 aliphatic heterocycles. The number of furan rings is 1. The van der Waals surface area contributed by atoms with Gasteiger partial charge in [0.05, 0.1) is 11.4 Å². The van der Waals surface area contributed by atoms with Crippen LogP contribution in [0.1, 0.15) is 0 Å². The summed E-state index contributed by atoms with van der Waals surface area (Å²) in [6.45, 7) is 0. The highest BCUT2D eigenvalue weighted by molar-refractivity contribution is 6.10. The monoisotopic (exact) mass is 739 g/mol. The van der Waals surface area contributed by atoms with Crippen molar-refractivity contribution < 1.29 is 4.42 Å². The average molecular weight is 740 g/mol. The lowest BCUT2D eigenvalue weighted by Crippen LogP contribution is -2.12. The molecule has 1 aromatic heterocycles. The van der Waals surface area contributed by atoms with E-state index < -0.39 is 0 Å². The number of rotatable bonds is 7. The third kappa shape index (κ3) is 5.82. The van der Waals surface area contributed by atoms with E-state index in [1.807, 2.05) is 12.1 Å². The third-order valence-electron chi connectivity index (χ3n) is 11.5. The van der Waals surface area contributed by atoms with E-state index >= 15 is 0 Å². The quantitative estimate of drug-likeness (QED) is 0.162. The molecule has 0 unspecified atom stereocenters. The van der Waals surface area contributed by atoms with Crippen molar-refractivity contribution in [2.45, 2.75) is 0 Å². The Kier molecular flexibility index (Phi) is 8.19. The Morgan fingerprint density at radius 3 is 1.71 bits per heavy atom. The first-order valence-corrected chi connectivity index (χ1v) is 19.8. The van der Waals surface area contributed by atoms with Gasteiger partial charge in [0.2, 0.25) is 0 Å². The third-order valence-corrected chi connectivity index (χ3v) is 11.5. The highest BCUT2D eigenvalue weighted by atomic mass is 16.3. The van der Waals surface area contributed by atoms with E-state index in [0.29, 0.717) is 0 Å². The molecule has 0 amide bonds. The van der Waals surface area contributed by atoms with Crippen LogP contribution >= 0.6 is 0 Å². The summed E-state index contributed by atoms with van der Waals surface area (Å²) in [6, 6.07) is 80.8. The fraction of sp³-hybridized carbons (Fsp3) is 0.